The molecule has 1 aliphatic heterocycles. The average molecular weight is 340 g/mol. The maximum Gasteiger partial charge on any atom is 0.257 e. The molecule has 0 fully saturated rings. The highest BCUT2D eigenvalue weighted by atomic mass is 32.1. The Morgan fingerprint density at radius 2 is 1.83 bits per heavy atom. The molecule has 0 aromatic carbocycles. The number of amides is 1. The third kappa shape index (κ3) is 3.47. The van der Waals surface area contributed by atoms with Crippen LogP contribution in [0.2, 0.25) is 0 Å². The van der Waals surface area contributed by atoms with Crippen LogP contribution < -0.4 is 5.32 Å². The number of nitrogens with one attached hydrogen (secondary N) is 1. The van der Waals surface area contributed by atoms with Crippen molar-refractivity contribution in [2.75, 3.05) is 5.32 Å². The van der Waals surface area contributed by atoms with E-state index >= 15 is 0 Å². The number of carbonyl (C=O) groups excluding carboxylic acids is 1. The topological polar surface area (TPSA) is 58.6 Å². The molecule has 1 amide bonds. The maximum absolute atomic E-state index is 12.5. The van der Waals surface area contributed by atoms with Crippen LogP contribution in [0.15, 0.2) is 6.07 Å². The summed E-state index contributed by atoms with van der Waals surface area (Å²) >= 11 is 1.53. The highest BCUT2D eigenvalue weighted by molar-refractivity contribution is 7.16. The fourth-order valence-corrected chi connectivity index (χ4v) is 4.05. The molecule has 0 radical (unpaired) electrons. The largest absolute Gasteiger partial charge is 0.380 e. The second kappa shape index (κ2) is 5.30. The number of carbonyl (C=O) groups is 1. The Labute approximate surface area is 143 Å². The molecule has 1 aromatic heterocycles. The average Bonchev–Trinajstić information content (AvgIpc) is 2.67. The molecule has 0 saturated heterocycles. The highest BCUT2D eigenvalue weighted by Crippen LogP contribution is 2.45. The first-order chi connectivity index (χ1) is 10.2. The number of ether oxygens (including phenoxy) is 1. The van der Waals surface area contributed by atoms with Crippen molar-refractivity contribution < 1.29 is 14.6 Å². The summed E-state index contributed by atoms with van der Waals surface area (Å²) in [5, 5.41) is 14.2. The van der Waals surface area contributed by atoms with Gasteiger partial charge in [0.1, 0.15) is 5.60 Å². The molecule has 1 aliphatic rings. The zero-order valence-electron chi connectivity index (χ0n) is 15.5. The van der Waals surface area contributed by atoms with E-state index in [4.69, 9.17) is 4.74 Å². The van der Waals surface area contributed by atoms with E-state index in [0.29, 0.717) is 0 Å². The Kier molecular flexibility index (Phi) is 4.24. The zero-order chi connectivity index (χ0) is 17.8. The summed E-state index contributed by atoms with van der Waals surface area (Å²) in [5.41, 5.74) is -1.38. The standard InChI is InChI=1S/C18H29NO3S/c1-15(2,3)18(8,21)14(20)19-12-9-11-10-16(4,5)22-17(6,7)13(11)23-12/h9,21H,10H2,1-8H3,(H,19,20). The Morgan fingerprint density at radius 3 is 2.35 bits per heavy atom. The van der Waals surface area contributed by atoms with Gasteiger partial charge in [-0.3, -0.25) is 4.79 Å². The first-order valence-electron chi connectivity index (χ1n) is 8.03. The highest BCUT2D eigenvalue weighted by Gasteiger charge is 2.43. The lowest BCUT2D eigenvalue weighted by Crippen LogP contribution is -2.50. The van der Waals surface area contributed by atoms with Gasteiger partial charge in [0.05, 0.1) is 16.2 Å². The molecule has 130 valence electrons. The lowest BCUT2D eigenvalue weighted by Gasteiger charge is -2.41. The third-order valence-corrected chi connectivity index (χ3v) is 6.04. The molecule has 4 nitrogen and oxygen atoms in total. The number of fused-ring (bicyclic) bond motifs is 1. The zero-order valence-corrected chi connectivity index (χ0v) is 16.3. The van der Waals surface area contributed by atoms with E-state index in [-0.39, 0.29) is 17.1 Å². The van der Waals surface area contributed by atoms with E-state index in [1.807, 2.05) is 26.8 Å². The van der Waals surface area contributed by atoms with Crippen LogP contribution in [0.1, 0.15) is 65.8 Å². The number of rotatable bonds is 2. The summed E-state index contributed by atoms with van der Waals surface area (Å²) in [6, 6.07) is 2.02. The van der Waals surface area contributed by atoms with Gasteiger partial charge in [0.2, 0.25) is 0 Å². The molecule has 1 atom stereocenters. The number of aliphatic hydroxyl groups is 1. The number of hydrogen-bond donors (Lipinski definition) is 2. The van der Waals surface area contributed by atoms with Crippen LogP contribution in [0.4, 0.5) is 5.00 Å². The van der Waals surface area contributed by atoms with Gasteiger partial charge in [0.15, 0.2) is 0 Å². The van der Waals surface area contributed by atoms with Crippen LogP contribution in [-0.4, -0.2) is 22.2 Å². The Morgan fingerprint density at radius 1 is 1.26 bits per heavy atom. The van der Waals surface area contributed by atoms with Crippen molar-refractivity contribution in [3.63, 3.8) is 0 Å². The first-order valence-corrected chi connectivity index (χ1v) is 8.85. The smallest absolute Gasteiger partial charge is 0.257 e. The molecule has 0 spiro atoms. The van der Waals surface area contributed by atoms with Crippen molar-refractivity contribution in [2.45, 2.75) is 78.6 Å². The van der Waals surface area contributed by atoms with Crippen LogP contribution in [0, 0.1) is 5.41 Å². The Hall–Kier alpha value is -0.910. The lowest BCUT2D eigenvalue weighted by atomic mass is 9.77. The van der Waals surface area contributed by atoms with Crippen molar-refractivity contribution in [1.82, 2.24) is 0 Å². The number of anilines is 1. The third-order valence-electron chi connectivity index (χ3n) is 4.64. The minimum atomic E-state index is -1.44. The van der Waals surface area contributed by atoms with E-state index in [2.05, 4.69) is 33.0 Å². The van der Waals surface area contributed by atoms with Gasteiger partial charge in [-0.15, -0.1) is 11.3 Å². The van der Waals surface area contributed by atoms with E-state index in [9.17, 15) is 9.90 Å². The van der Waals surface area contributed by atoms with Gasteiger partial charge in [-0.1, -0.05) is 20.8 Å². The molecule has 5 heteroatoms. The predicted octanol–water partition coefficient (Wildman–Crippen LogP) is 4.07. The second-order valence-corrected chi connectivity index (χ2v) is 9.84. The van der Waals surface area contributed by atoms with E-state index < -0.39 is 11.0 Å². The fourth-order valence-electron chi connectivity index (χ4n) is 2.94. The maximum atomic E-state index is 12.5. The molecule has 2 rings (SSSR count). The predicted molar refractivity (Wildman–Crippen MR) is 94.9 cm³/mol. The molecular formula is C18H29NO3S. The lowest BCUT2D eigenvalue weighted by molar-refractivity contribution is -0.143. The Balaban J connectivity index is 2.29. The summed E-state index contributed by atoms with van der Waals surface area (Å²) < 4.78 is 6.18. The number of thiophene rings is 1. The molecular weight excluding hydrogens is 310 g/mol. The van der Waals surface area contributed by atoms with Gasteiger partial charge in [0.25, 0.3) is 5.91 Å². The van der Waals surface area contributed by atoms with Crippen molar-refractivity contribution >= 4 is 22.2 Å². The van der Waals surface area contributed by atoms with Crippen LogP contribution in [0.3, 0.4) is 0 Å². The number of hydrogen-bond acceptors (Lipinski definition) is 4. The summed E-state index contributed by atoms with van der Waals surface area (Å²) in [5.74, 6) is -0.374. The van der Waals surface area contributed by atoms with Crippen LogP contribution >= 0.6 is 11.3 Å². The molecule has 0 aliphatic carbocycles. The molecule has 2 N–H and O–H groups in total. The summed E-state index contributed by atoms with van der Waals surface area (Å²) in [6.45, 7) is 15.4. The monoisotopic (exact) mass is 339 g/mol. The second-order valence-electron chi connectivity index (χ2n) is 8.79. The van der Waals surface area contributed by atoms with E-state index in [1.54, 1.807) is 6.92 Å². The van der Waals surface area contributed by atoms with Gasteiger partial charge < -0.3 is 15.2 Å². The molecule has 1 unspecified atom stereocenters. The normalized spacial score (nSPS) is 22.1. The van der Waals surface area contributed by atoms with Crippen LogP contribution in [0.5, 0.6) is 0 Å². The minimum Gasteiger partial charge on any atom is -0.380 e. The molecule has 0 saturated carbocycles. The SMILES string of the molecule is CC1(C)Cc2cc(NC(=O)C(C)(O)C(C)(C)C)sc2C(C)(C)O1. The van der Waals surface area contributed by atoms with Crippen molar-refractivity contribution in [3.8, 4) is 0 Å². The van der Waals surface area contributed by atoms with Gasteiger partial charge in [0, 0.05) is 11.3 Å². The minimum absolute atomic E-state index is 0.226. The fraction of sp³-hybridized carbons (Fsp3) is 0.722. The van der Waals surface area contributed by atoms with E-state index in [0.717, 1.165) is 16.3 Å². The van der Waals surface area contributed by atoms with Gasteiger partial charge in [-0.05, 0) is 51.7 Å². The molecule has 0 bridgehead atoms. The summed E-state index contributed by atoms with van der Waals surface area (Å²) in [6.07, 6.45) is 0.813. The molecule has 23 heavy (non-hydrogen) atoms. The van der Waals surface area contributed by atoms with Gasteiger partial charge >= 0.3 is 0 Å². The van der Waals surface area contributed by atoms with Crippen molar-refractivity contribution in [2.24, 2.45) is 5.41 Å². The molecule has 2 heterocycles. The van der Waals surface area contributed by atoms with Crippen LogP contribution in [0.25, 0.3) is 0 Å². The van der Waals surface area contributed by atoms with Gasteiger partial charge in [-0.2, -0.15) is 0 Å². The Bertz CT molecular complexity index is 621. The van der Waals surface area contributed by atoms with Crippen molar-refractivity contribution in [3.05, 3.63) is 16.5 Å². The summed E-state index contributed by atoms with van der Waals surface area (Å²) in [4.78, 5) is 13.6. The first kappa shape index (κ1) is 18.4. The summed E-state index contributed by atoms with van der Waals surface area (Å²) in [7, 11) is 0. The van der Waals surface area contributed by atoms with Crippen molar-refractivity contribution in [1.29, 1.82) is 0 Å². The molecule has 1 aromatic rings. The van der Waals surface area contributed by atoms with Crippen LogP contribution in [-0.2, 0) is 21.6 Å². The van der Waals surface area contributed by atoms with Gasteiger partial charge in [-0.25, -0.2) is 0 Å². The van der Waals surface area contributed by atoms with E-state index in [1.165, 1.54) is 16.9 Å². The quantitative estimate of drug-likeness (QED) is 0.854.